The summed E-state index contributed by atoms with van der Waals surface area (Å²) in [4.78, 5) is 11.1. The van der Waals surface area contributed by atoms with Crippen LogP contribution >= 0.6 is 0 Å². The molecular weight excluding hydrogens is 244 g/mol. The van der Waals surface area contributed by atoms with E-state index < -0.39 is 21.2 Å². The maximum absolute atomic E-state index is 11.7. The average Bonchev–Trinajstić information content (AvgIpc) is 2.79. The van der Waals surface area contributed by atoms with E-state index in [2.05, 4.69) is 14.8 Å². The molecule has 0 aromatic rings. The zero-order valence-electron chi connectivity index (χ0n) is 10.2. The van der Waals surface area contributed by atoms with Gasteiger partial charge in [0.2, 0.25) is 10.0 Å². The third kappa shape index (κ3) is 4.25. The van der Waals surface area contributed by atoms with Gasteiger partial charge in [0, 0.05) is 12.6 Å². The predicted octanol–water partition coefficient (Wildman–Crippen LogP) is -0.391. The lowest BCUT2D eigenvalue weighted by atomic mass is 10.2. The topological polar surface area (TPSA) is 84.5 Å². The molecule has 2 atom stereocenters. The van der Waals surface area contributed by atoms with Crippen molar-refractivity contribution >= 4 is 16.0 Å². The molecular formula is C10H20N2O4S. The van der Waals surface area contributed by atoms with Crippen LogP contribution < -0.4 is 10.0 Å². The van der Waals surface area contributed by atoms with E-state index in [1.54, 1.807) is 0 Å². The molecule has 0 spiro atoms. The van der Waals surface area contributed by atoms with Crippen LogP contribution in [0.2, 0.25) is 0 Å². The summed E-state index contributed by atoms with van der Waals surface area (Å²) in [6.45, 7) is 2.67. The lowest BCUT2D eigenvalue weighted by molar-refractivity contribution is -0.139. The number of carbonyl (C=O) groups is 1. The van der Waals surface area contributed by atoms with Crippen LogP contribution in [0.4, 0.5) is 0 Å². The maximum atomic E-state index is 11.7. The molecule has 100 valence electrons. The molecule has 0 amide bonds. The molecule has 0 aromatic heterocycles. The molecule has 17 heavy (non-hydrogen) atoms. The van der Waals surface area contributed by atoms with Crippen LogP contribution in [-0.4, -0.2) is 45.9 Å². The molecule has 1 saturated heterocycles. The van der Waals surface area contributed by atoms with Crippen molar-refractivity contribution in [3.8, 4) is 0 Å². The second kappa shape index (κ2) is 6.32. The SMILES string of the molecule is COC(=O)C(C)S(=O)(=O)NCCC1CCCN1. The fraction of sp³-hybridized carbons (Fsp3) is 0.900. The van der Waals surface area contributed by atoms with Crippen molar-refractivity contribution in [1.29, 1.82) is 0 Å². The first-order chi connectivity index (χ1) is 7.97. The number of esters is 1. The molecule has 7 heteroatoms. The van der Waals surface area contributed by atoms with Crippen molar-refractivity contribution in [2.45, 2.75) is 37.5 Å². The highest BCUT2D eigenvalue weighted by Gasteiger charge is 2.28. The van der Waals surface area contributed by atoms with Gasteiger partial charge in [-0.05, 0) is 32.7 Å². The van der Waals surface area contributed by atoms with E-state index in [0.717, 1.165) is 25.8 Å². The highest BCUT2D eigenvalue weighted by molar-refractivity contribution is 7.90. The number of hydrogen-bond donors (Lipinski definition) is 2. The molecule has 1 heterocycles. The second-order valence-electron chi connectivity index (χ2n) is 4.19. The zero-order chi connectivity index (χ0) is 12.9. The third-order valence-electron chi connectivity index (χ3n) is 2.96. The van der Waals surface area contributed by atoms with Crippen LogP contribution in [0.1, 0.15) is 26.2 Å². The molecule has 0 saturated carbocycles. The van der Waals surface area contributed by atoms with E-state index >= 15 is 0 Å². The fourth-order valence-corrected chi connectivity index (χ4v) is 2.80. The number of methoxy groups -OCH3 is 1. The van der Waals surface area contributed by atoms with Gasteiger partial charge in [-0.2, -0.15) is 0 Å². The third-order valence-corrected chi connectivity index (χ3v) is 4.69. The van der Waals surface area contributed by atoms with Gasteiger partial charge in [0.15, 0.2) is 5.25 Å². The maximum Gasteiger partial charge on any atom is 0.325 e. The molecule has 6 nitrogen and oxygen atoms in total. The standard InChI is InChI=1S/C10H20N2O4S/c1-8(10(13)16-2)17(14,15)12-7-5-9-4-3-6-11-9/h8-9,11-12H,3-7H2,1-2H3. The van der Waals surface area contributed by atoms with E-state index in [9.17, 15) is 13.2 Å². The summed E-state index contributed by atoms with van der Waals surface area (Å²) >= 11 is 0. The van der Waals surface area contributed by atoms with E-state index in [4.69, 9.17) is 0 Å². The van der Waals surface area contributed by atoms with Gasteiger partial charge in [0.05, 0.1) is 7.11 Å². The Balaban J connectivity index is 2.35. The van der Waals surface area contributed by atoms with Gasteiger partial charge in [-0.1, -0.05) is 0 Å². The molecule has 1 fully saturated rings. The second-order valence-corrected chi connectivity index (χ2v) is 6.27. The Labute approximate surface area is 102 Å². The molecule has 2 N–H and O–H groups in total. The van der Waals surface area contributed by atoms with Gasteiger partial charge in [-0.15, -0.1) is 0 Å². The Morgan fingerprint density at radius 3 is 2.82 bits per heavy atom. The van der Waals surface area contributed by atoms with E-state index in [1.807, 2.05) is 0 Å². The summed E-state index contributed by atoms with van der Waals surface area (Å²) < 4.78 is 30.2. The Morgan fingerprint density at radius 2 is 2.29 bits per heavy atom. The summed E-state index contributed by atoms with van der Waals surface area (Å²) in [5.74, 6) is -0.739. The molecule has 0 aliphatic carbocycles. The van der Waals surface area contributed by atoms with Crippen molar-refractivity contribution in [2.24, 2.45) is 0 Å². The molecule has 1 rings (SSSR count). The quantitative estimate of drug-likeness (QED) is 0.638. The molecule has 0 aromatic carbocycles. The highest BCUT2D eigenvalue weighted by atomic mass is 32.2. The smallest absolute Gasteiger partial charge is 0.325 e. The molecule has 0 bridgehead atoms. The number of rotatable bonds is 6. The number of ether oxygens (including phenoxy) is 1. The number of nitrogens with one attached hydrogen (secondary N) is 2. The van der Waals surface area contributed by atoms with E-state index in [0.29, 0.717) is 12.6 Å². The summed E-state index contributed by atoms with van der Waals surface area (Å²) in [6, 6.07) is 0.381. The van der Waals surface area contributed by atoms with Gasteiger partial charge in [0.25, 0.3) is 0 Å². The van der Waals surface area contributed by atoms with Crippen LogP contribution in [0.15, 0.2) is 0 Å². The molecule has 0 radical (unpaired) electrons. The Hall–Kier alpha value is -0.660. The zero-order valence-corrected chi connectivity index (χ0v) is 11.0. The summed E-state index contributed by atoms with van der Waals surface area (Å²) in [5, 5.41) is 2.12. The lowest BCUT2D eigenvalue weighted by Crippen LogP contribution is -2.39. The van der Waals surface area contributed by atoms with Crippen molar-refractivity contribution in [1.82, 2.24) is 10.0 Å². The minimum atomic E-state index is -3.62. The van der Waals surface area contributed by atoms with Crippen molar-refractivity contribution in [3.63, 3.8) is 0 Å². The van der Waals surface area contributed by atoms with E-state index in [1.165, 1.54) is 14.0 Å². The summed E-state index contributed by atoms with van der Waals surface area (Å²) in [6.07, 6.45) is 2.96. The number of carbonyl (C=O) groups excluding carboxylic acids is 1. The number of sulfonamides is 1. The Bertz CT molecular complexity index is 349. The van der Waals surface area contributed by atoms with Gasteiger partial charge in [0.1, 0.15) is 0 Å². The van der Waals surface area contributed by atoms with Crippen LogP contribution in [0.5, 0.6) is 0 Å². The van der Waals surface area contributed by atoms with Crippen LogP contribution in [0.25, 0.3) is 0 Å². The lowest BCUT2D eigenvalue weighted by Gasteiger charge is -2.14. The number of hydrogen-bond acceptors (Lipinski definition) is 5. The van der Waals surface area contributed by atoms with Gasteiger partial charge in [-0.25, -0.2) is 13.1 Å². The Kier molecular flexibility index (Phi) is 5.35. The van der Waals surface area contributed by atoms with Crippen LogP contribution in [0.3, 0.4) is 0 Å². The first-order valence-corrected chi connectivity index (χ1v) is 7.31. The van der Waals surface area contributed by atoms with Gasteiger partial charge in [-0.3, -0.25) is 4.79 Å². The van der Waals surface area contributed by atoms with Crippen LogP contribution in [-0.2, 0) is 19.6 Å². The highest BCUT2D eigenvalue weighted by Crippen LogP contribution is 2.08. The van der Waals surface area contributed by atoms with Crippen molar-refractivity contribution < 1.29 is 17.9 Å². The van der Waals surface area contributed by atoms with Crippen LogP contribution in [0, 0.1) is 0 Å². The minimum absolute atomic E-state index is 0.349. The monoisotopic (exact) mass is 264 g/mol. The van der Waals surface area contributed by atoms with Crippen molar-refractivity contribution in [2.75, 3.05) is 20.2 Å². The molecule has 2 unspecified atom stereocenters. The first kappa shape index (κ1) is 14.4. The molecule has 1 aliphatic rings. The van der Waals surface area contributed by atoms with E-state index in [-0.39, 0.29) is 0 Å². The fourth-order valence-electron chi connectivity index (χ4n) is 1.80. The average molecular weight is 264 g/mol. The largest absolute Gasteiger partial charge is 0.468 e. The summed E-state index contributed by atoms with van der Waals surface area (Å²) in [5.41, 5.74) is 0. The molecule has 1 aliphatic heterocycles. The van der Waals surface area contributed by atoms with Crippen molar-refractivity contribution in [3.05, 3.63) is 0 Å². The predicted molar refractivity (Wildman–Crippen MR) is 64.0 cm³/mol. The normalized spacial score (nSPS) is 22.4. The van der Waals surface area contributed by atoms with Gasteiger partial charge < -0.3 is 10.1 Å². The first-order valence-electron chi connectivity index (χ1n) is 5.77. The minimum Gasteiger partial charge on any atom is -0.468 e. The summed E-state index contributed by atoms with van der Waals surface area (Å²) in [7, 11) is -2.44. The van der Waals surface area contributed by atoms with Gasteiger partial charge >= 0.3 is 5.97 Å². The Morgan fingerprint density at radius 1 is 1.59 bits per heavy atom.